The number of pyridine rings is 1. The van der Waals surface area contributed by atoms with Gasteiger partial charge in [-0.3, -0.25) is 4.98 Å². The highest BCUT2D eigenvalue weighted by Gasteiger charge is 2.11. The van der Waals surface area contributed by atoms with Gasteiger partial charge in [0.05, 0.1) is 11.3 Å². The number of aryl methyl sites for hydroxylation is 1. The third-order valence-electron chi connectivity index (χ3n) is 2.83. The monoisotopic (exact) mass is 313 g/mol. The van der Waals surface area contributed by atoms with Crippen LogP contribution in [-0.2, 0) is 0 Å². The predicted molar refractivity (Wildman–Crippen MR) is 79.7 cm³/mol. The van der Waals surface area contributed by atoms with Crippen LogP contribution in [0.3, 0.4) is 0 Å². The van der Waals surface area contributed by atoms with Crippen LogP contribution in [0.15, 0.2) is 47.2 Å². The van der Waals surface area contributed by atoms with E-state index in [1.54, 1.807) is 24.5 Å². The average molecular weight is 314 g/mol. The molecule has 0 saturated carbocycles. The number of nitriles is 1. The van der Waals surface area contributed by atoms with Crippen LogP contribution in [0.25, 0.3) is 11.3 Å². The summed E-state index contributed by atoms with van der Waals surface area (Å²) in [6, 6.07) is 11.5. The van der Waals surface area contributed by atoms with Gasteiger partial charge >= 0.3 is 0 Å². The Morgan fingerprint density at radius 2 is 1.95 bits per heavy atom. The number of nitrogens with zero attached hydrogens (tertiary/aromatic N) is 2. The normalized spacial score (nSPS) is 11.6. The molecule has 0 unspecified atom stereocenters. The Balaban J connectivity index is 2.63. The summed E-state index contributed by atoms with van der Waals surface area (Å²) in [5.74, 6) is 0. The number of hydrogen-bond acceptors (Lipinski definition) is 3. The number of aromatic nitrogens is 1. The molecule has 2 rings (SSSR count). The maximum absolute atomic E-state index is 9.35. The van der Waals surface area contributed by atoms with Gasteiger partial charge in [-0.2, -0.15) is 5.26 Å². The van der Waals surface area contributed by atoms with Gasteiger partial charge in [-0.15, -0.1) is 0 Å². The molecule has 94 valence electrons. The van der Waals surface area contributed by atoms with Gasteiger partial charge in [-0.25, -0.2) is 0 Å². The summed E-state index contributed by atoms with van der Waals surface area (Å²) in [6.07, 6.45) is 3.29. The van der Waals surface area contributed by atoms with Crippen molar-refractivity contribution in [3.63, 3.8) is 0 Å². The average Bonchev–Trinajstić information content (AvgIpc) is 2.44. The quantitative estimate of drug-likeness (QED) is 0.863. The highest BCUT2D eigenvalue weighted by atomic mass is 79.9. The fraction of sp³-hybridized carbons (Fsp3) is 0.0667. The second-order valence-electron chi connectivity index (χ2n) is 4.07. The molecule has 1 heterocycles. The molecule has 4 heteroatoms. The van der Waals surface area contributed by atoms with E-state index in [4.69, 9.17) is 5.73 Å². The largest absolute Gasteiger partial charge is 0.397 e. The number of hydrogen-bond donors (Lipinski definition) is 1. The highest BCUT2D eigenvalue weighted by molar-refractivity contribution is 9.10. The fourth-order valence-corrected chi connectivity index (χ4v) is 2.27. The van der Waals surface area contributed by atoms with E-state index in [-0.39, 0.29) is 0 Å². The SMILES string of the molecule is Cc1cccc(/C(N)=C(/C#N)c2ccncc2)c1Br. The van der Waals surface area contributed by atoms with Crippen LogP contribution in [0.2, 0.25) is 0 Å². The van der Waals surface area contributed by atoms with Gasteiger partial charge in [0.25, 0.3) is 0 Å². The summed E-state index contributed by atoms with van der Waals surface area (Å²) in [6.45, 7) is 1.99. The molecule has 2 N–H and O–H groups in total. The molecule has 1 aromatic heterocycles. The third-order valence-corrected chi connectivity index (χ3v) is 3.88. The molecule has 0 radical (unpaired) electrons. The topological polar surface area (TPSA) is 62.7 Å². The molecule has 0 bridgehead atoms. The van der Waals surface area contributed by atoms with Crippen molar-refractivity contribution in [2.75, 3.05) is 0 Å². The van der Waals surface area contributed by atoms with Crippen molar-refractivity contribution in [2.45, 2.75) is 6.92 Å². The lowest BCUT2D eigenvalue weighted by atomic mass is 10.0. The van der Waals surface area contributed by atoms with Gasteiger partial charge in [0.1, 0.15) is 6.07 Å². The predicted octanol–water partition coefficient (Wildman–Crippen LogP) is 3.50. The van der Waals surface area contributed by atoms with E-state index in [0.29, 0.717) is 11.3 Å². The van der Waals surface area contributed by atoms with E-state index >= 15 is 0 Å². The maximum atomic E-state index is 9.35. The van der Waals surface area contributed by atoms with E-state index in [1.165, 1.54) is 0 Å². The summed E-state index contributed by atoms with van der Waals surface area (Å²) in [7, 11) is 0. The van der Waals surface area contributed by atoms with Gasteiger partial charge in [-0.1, -0.05) is 18.2 Å². The van der Waals surface area contributed by atoms with Crippen LogP contribution < -0.4 is 5.73 Å². The molecule has 0 aliphatic heterocycles. The Bertz CT molecular complexity index is 670. The van der Waals surface area contributed by atoms with E-state index in [9.17, 15) is 5.26 Å². The second-order valence-corrected chi connectivity index (χ2v) is 4.87. The molecule has 19 heavy (non-hydrogen) atoms. The summed E-state index contributed by atoms with van der Waals surface area (Å²) in [5, 5.41) is 9.35. The Hall–Kier alpha value is -2.12. The first-order valence-electron chi connectivity index (χ1n) is 5.71. The van der Waals surface area contributed by atoms with Crippen LogP contribution in [-0.4, -0.2) is 4.98 Å². The fourth-order valence-electron chi connectivity index (χ4n) is 1.79. The maximum Gasteiger partial charge on any atom is 0.102 e. The van der Waals surface area contributed by atoms with Gasteiger partial charge < -0.3 is 5.73 Å². The zero-order valence-electron chi connectivity index (χ0n) is 10.4. The summed E-state index contributed by atoms with van der Waals surface area (Å²) >= 11 is 3.51. The molecule has 2 aromatic rings. The number of rotatable bonds is 2. The number of benzene rings is 1. The first kappa shape index (κ1) is 13.3. The minimum atomic E-state index is 0.453. The first-order valence-corrected chi connectivity index (χ1v) is 6.50. The highest BCUT2D eigenvalue weighted by Crippen LogP contribution is 2.29. The number of allylic oxidation sites excluding steroid dienone is 1. The standard InChI is InChI=1S/C15H12BrN3/c1-10-3-2-4-12(14(10)16)15(18)13(9-17)11-5-7-19-8-6-11/h2-8H,18H2,1H3/b15-13+. The Morgan fingerprint density at radius 1 is 1.26 bits per heavy atom. The molecule has 0 aliphatic rings. The molecule has 0 aliphatic carbocycles. The Kier molecular flexibility index (Phi) is 3.98. The van der Waals surface area contributed by atoms with Gasteiger partial charge in [-0.05, 0) is 46.1 Å². The van der Waals surface area contributed by atoms with Crippen LogP contribution in [0.1, 0.15) is 16.7 Å². The number of halogens is 1. The molecule has 0 fully saturated rings. The van der Waals surface area contributed by atoms with Crippen molar-refractivity contribution in [1.29, 1.82) is 5.26 Å². The summed E-state index contributed by atoms with van der Waals surface area (Å²) < 4.78 is 0.911. The minimum Gasteiger partial charge on any atom is -0.397 e. The smallest absolute Gasteiger partial charge is 0.102 e. The van der Waals surface area contributed by atoms with Crippen molar-refractivity contribution in [3.8, 4) is 6.07 Å². The molecular weight excluding hydrogens is 302 g/mol. The third kappa shape index (κ3) is 2.67. The van der Waals surface area contributed by atoms with Gasteiger partial charge in [0, 0.05) is 22.4 Å². The molecule has 0 spiro atoms. The lowest BCUT2D eigenvalue weighted by molar-refractivity contribution is 1.31. The zero-order chi connectivity index (χ0) is 13.8. The van der Waals surface area contributed by atoms with Crippen molar-refractivity contribution in [1.82, 2.24) is 4.98 Å². The van der Waals surface area contributed by atoms with Crippen molar-refractivity contribution >= 4 is 27.2 Å². The van der Waals surface area contributed by atoms with E-state index < -0.39 is 0 Å². The van der Waals surface area contributed by atoms with E-state index in [0.717, 1.165) is 21.2 Å². The van der Waals surface area contributed by atoms with Crippen molar-refractivity contribution in [3.05, 3.63) is 63.9 Å². The molecule has 3 nitrogen and oxygen atoms in total. The molecule has 0 saturated heterocycles. The molecular formula is C15H12BrN3. The molecule has 1 aromatic carbocycles. The lowest BCUT2D eigenvalue weighted by Gasteiger charge is -2.10. The Morgan fingerprint density at radius 3 is 2.58 bits per heavy atom. The minimum absolute atomic E-state index is 0.453. The molecule has 0 amide bonds. The van der Waals surface area contributed by atoms with Crippen LogP contribution in [0.4, 0.5) is 0 Å². The van der Waals surface area contributed by atoms with Crippen LogP contribution in [0, 0.1) is 18.3 Å². The zero-order valence-corrected chi connectivity index (χ0v) is 12.0. The Labute approximate surface area is 120 Å². The van der Waals surface area contributed by atoms with E-state index in [2.05, 4.69) is 27.0 Å². The van der Waals surface area contributed by atoms with Crippen molar-refractivity contribution in [2.24, 2.45) is 5.73 Å². The van der Waals surface area contributed by atoms with Crippen molar-refractivity contribution < 1.29 is 0 Å². The number of nitrogens with two attached hydrogens (primary N) is 1. The van der Waals surface area contributed by atoms with Gasteiger partial charge in [0.2, 0.25) is 0 Å². The van der Waals surface area contributed by atoms with Gasteiger partial charge in [0.15, 0.2) is 0 Å². The second kappa shape index (κ2) is 5.68. The van der Waals surface area contributed by atoms with Crippen LogP contribution >= 0.6 is 15.9 Å². The summed E-state index contributed by atoms with van der Waals surface area (Å²) in [5.41, 5.74) is 9.74. The molecule has 0 atom stereocenters. The van der Waals surface area contributed by atoms with Crippen LogP contribution in [0.5, 0.6) is 0 Å². The lowest BCUT2D eigenvalue weighted by Crippen LogP contribution is -2.02. The van der Waals surface area contributed by atoms with E-state index in [1.807, 2.05) is 25.1 Å². The first-order chi connectivity index (χ1) is 9.15. The summed E-state index contributed by atoms with van der Waals surface area (Å²) in [4.78, 5) is 3.94.